The number of thiophene rings is 1. The lowest BCUT2D eigenvalue weighted by molar-refractivity contribution is 0.0958. The SMILES string of the molecule is Cc1nn(-c2ccc(Br)cc2)c2sc(C(=O)NCCc3ccccc3)cc12. The zero-order chi connectivity index (χ0) is 18.8. The minimum absolute atomic E-state index is 0.0334. The largest absolute Gasteiger partial charge is 0.351 e. The second-order valence-electron chi connectivity index (χ2n) is 6.29. The maximum Gasteiger partial charge on any atom is 0.261 e. The van der Waals surface area contributed by atoms with Gasteiger partial charge in [0.25, 0.3) is 5.91 Å². The molecular weight excluding hydrogens is 422 g/mol. The minimum Gasteiger partial charge on any atom is -0.351 e. The smallest absolute Gasteiger partial charge is 0.261 e. The molecule has 4 aromatic rings. The van der Waals surface area contributed by atoms with Crippen LogP contribution in [0.1, 0.15) is 20.9 Å². The third-order valence-corrected chi connectivity index (χ3v) is 6.02. The van der Waals surface area contributed by atoms with E-state index in [9.17, 15) is 4.79 Å². The Morgan fingerprint density at radius 3 is 2.63 bits per heavy atom. The fraction of sp³-hybridized carbons (Fsp3) is 0.143. The zero-order valence-electron chi connectivity index (χ0n) is 14.8. The first-order valence-electron chi connectivity index (χ1n) is 8.69. The molecule has 0 saturated heterocycles. The van der Waals surface area contributed by atoms with E-state index >= 15 is 0 Å². The van der Waals surface area contributed by atoms with Gasteiger partial charge in [0.05, 0.1) is 16.3 Å². The van der Waals surface area contributed by atoms with E-state index in [0.717, 1.165) is 32.5 Å². The predicted molar refractivity (Wildman–Crippen MR) is 114 cm³/mol. The van der Waals surface area contributed by atoms with Crippen LogP contribution < -0.4 is 5.32 Å². The quantitative estimate of drug-likeness (QED) is 0.468. The summed E-state index contributed by atoms with van der Waals surface area (Å²) in [7, 11) is 0. The van der Waals surface area contributed by atoms with Gasteiger partial charge in [0, 0.05) is 16.4 Å². The van der Waals surface area contributed by atoms with E-state index in [1.807, 2.05) is 60.1 Å². The highest BCUT2D eigenvalue weighted by atomic mass is 79.9. The molecule has 4 nitrogen and oxygen atoms in total. The summed E-state index contributed by atoms with van der Waals surface area (Å²) >= 11 is 4.93. The van der Waals surface area contributed by atoms with Gasteiger partial charge in [-0.05, 0) is 49.2 Å². The number of carbonyl (C=O) groups excluding carboxylic acids is 1. The number of carbonyl (C=O) groups is 1. The van der Waals surface area contributed by atoms with Crippen molar-refractivity contribution in [3.8, 4) is 5.69 Å². The van der Waals surface area contributed by atoms with Crippen molar-refractivity contribution < 1.29 is 4.79 Å². The van der Waals surface area contributed by atoms with Crippen LogP contribution in [0.4, 0.5) is 0 Å². The van der Waals surface area contributed by atoms with Crippen LogP contribution in [0.5, 0.6) is 0 Å². The average Bonchev–Trinajstić information content (AvgIpc) is 3.24. The Bertz CT molecular complexity index is 1080. The third-order valence-electron chi connectivity index (χ3n) is 4.38. The molecule has 1 amide bonds. The molecule has 0 bridgehead atoms. The van der Waals surface area contributed by atoms with Crippen LogP contribution >= 0.6 is 27.3 Å². The molecule has 0 spiro atoms. The van der Waals surface area contributed by atoms with Crippen molar-refractivity contribution in [2.75, 3.05) is 6.54 Å². The van der Waals surface area contributed by atoms with Crippen LogP contribution in [0.25, 0.3) is 15.9 Å². The van der Waals surface area contributed by atoms with E-state index < -0.39 is 0 Å². The summed E-state index contributed by atoms with van der Waals surface area (Å²) < 4.78 is 2.93. The molecule has 0 radical (unpaired) electrons. The summed E-state index contributed by atoms with van der Waals surface area (Å²) in [4.78, 5) is 14.3. The van der Waals surface area contributed by atoms with Crippen LogP contribution in [0.2, 0.25) is 0 Å². The van der Waals surface area contributed by atoms with E-state index in [4.69, 9.17) is 0 Å². The van der Waals surface area contributed by atoms with Crippen LogP contribution in [0.3, 0.4) is 0 Å². The maximum absolute atomic E-state index is 12.6. The fourth-order valence-electron chi connectivity index (χ4n) is 2.97. The van der Waals surface area contributed by atoms with Gasteiger partial charge in [-0.25, -0.2) is 4.68 Å². The van der Waals surface area contributed by atoms with Crippen LogP contribution in [-0.4, -0.2) is 22.2 Å². The molecule has 2 aromatic heterocycles. The van der Waals surface area contributed by atoms with Crippen molar-refractivity contribution in [1.29, 1.82) is 0 Å². The molecular formula is C21H18BrN3OS. The van der Waals surface area contributed by atoms with E-state index in [1.54, 1.807) is 0 Å². The molecule has 136 valence electrons. The molecule has 2 heterocycles. The molecule has 27 heavy (non-hydrogen) atoms. The van der Waals surface area contributed by atoms with E-state index in [1.165, 1.54) is 16.9 Å². The van der Waals surface area contributed by atoms with Crippen LogP contribution in [0, 0.1) is 6.92 Å². The first-order valence-corrected chi connectivity index (χ1v) is 10.3. The maximum atomic E-state index is 12.6. The summed E-state index contributed by atoms with van der Waals surface area (Å²) in [6.45, 7) is 2.59. The molecule has 0 atom stereocenters. The van der Waals surface area contributed by atoms with Crippen molar-refractivity contribution in [2.24, 2.45) is 0 Å². The number of nitrogens with zero attached hydrogens (tertiary/aromatic N) is 2. The van der Waals surface area contributed by atoms with Gasteiger partial charge in [-0.15, -0.1) is 11.3 Å². The van der Waals surface area contributed by atoms with Gasteiger partial charge < -0.3 is 5.32 Å². The van der Waals surface area contributed by atoms with Crippen molar-refractivity contribution in [3.05, 3.63) is 81.3 Å². The number of halogens is 1. The molecule has 6 heteroatoms. The van der Waals surface area contributed by atoms with Gasteiger partial charge in [-0.3, -0.25) is 4.79 Å². The second-order valence-corrected chi connectivity index (χ2v) is 8.24. The number of benzene rings is 2. The highest BCUT2D eigenvalue weighted by Gasteiger charge is 2.17. The Morgan fingerprint density at radius 2 is 1.89 bits per heavy atom. The third kappa shape index (κ3) is 3.82. The number of amides is 1. The molecule has 1 N–H and O–H groups in total. The minimum atomic E-state index is -0.0334. The number of aryl methyl sites for hydroxylation is 1. The van der Waals surface area contributed by atoms with Gasteiger partial charge in [-0.2, -0.15) is 5.10 Å². The molecule has 4 rings (SSSR count). The molecule has 0 saturated carbocycles. The highest BCUT2D eigenvalue weighted by Crippen LogP contribution is 2.30. The Kier molecular flexibility index (Phi) is 5.09. The Labute approximate surface area is 170 Å². The summed E-state index contributed by atoms with van der Waals surface area (Å²) in [5, 5.41) is 8.68. The summed E-state index contributed by atoms with van der Waals surface area (Å²) in [6, 6.07) is 20.1. The first-order chi connectivity index (χ1) is 13.1. The fourth-order valence-corrected chi connectivity index (χ4v) is 4.33. The zero-order valence-corrected chi connectivity index (χ0v) is 17.2. The number of aromatic nitrogens is 2. The molecule has 2 aromatic carbocycles. The Morgan fingerprint density at radius 1 is 1.15 bits per heavy atom. The lowest BCUT2D eigenvalue weighted by Crippen LogP contribution is -2.24. The van der Waals surface area contributed by atoms with Crippen LogP contribution in [-0.2, 0) is 6.42 Å². The van der Waals surface area contributed by atoms with Crippen molar-refractivity contribution >= 4 is 43.4 Å². The van der Waals surface area contributed by atoms with E-state index in [0.29, 0.717) is 11.4 Å². The van der Waals surface area contributed by atoms with Gasteiger partial charge >= 0.3 is 0 Å². The summed E-state index contributed by atoms with van der Waals surface area (Å²) in [5.74, 6) is -0.0334. The molecule has 0 fully saturated rings. The Balaban J connectivity index is 1.53. The summed E-state index contributed by atoms with van der Waals surface area (Å²) in [5.41, 5.74) is 3.12. The number of fused-ring (bicyclic) bond motifs is 1. The molecule has 0 aliphatic heterocycles. The molecule has 0 aliphatic carbocycles. The molecule has 0 aliphatic rings. The Hall–Kier alpha value is -2.44. The highest BCUT2D eigenvalue weighted by molar-refractivity contribution is 9.10. The monoisotopic (exact) mass is 439 g/mol. The van der Waals surface area contributed by atoms with Crippen molar-refractivity contribution in [2.45, 2.75) is 13.3 Å². The van der Waals surface area contributed by atoms with Gasteiger partial charge in [0.2, 0.25) is 0 Å². The van der Waals surface area contributed by atoms with Gasteiger partial charge in [0.15, 0.2) is 0 Å². The first kappa shape index (κ1) is 17.9. The number of hydrogen-bond donors (Lipinski definition) is 1. The second kappa shape index (κ2) is 7.66. The normalized spacial score (nSPS) is 11.0. The lowest BCUT2D eigenvalue weighted by atomic mass is 10.1. The number of rotatable bonds is 5. The number of nitrogens with one attached hydrogen (secondary N) is 1. The van der Waals surface area contributed by atoms with Crippen molar-refractivity contribution in [3.63, 3.8) is 0 Å². The lowest BCUT2D eigenvalue weighted by Gasteiger charge is -2.04. The van der Waals surface area contributed by atoms with E-state index in [2.05, 4.69) is 38.5 Å². The van der Waals surface area contributed by atoms with Crippen LogP contribution in [0.15, 0.2) is 65.1 Å². The standard InChI is InChI=1S/C21H18BrN3OS/c1-14-18-13-19(20(26)23-12-11-15-5-3-2-4-6-15)27-21(18)25(24-14)17-9-7-16(22)8-10-17/h2-10,13H,11-12H2,1H3,(H,23,26). The van der Waals surface area contributed by atoms with Crippen molar-refractivity contribution in [1.82, 2.24) is 15.1 Å². The number of hydrogen-bond acceptors (Lipinski definition) is 3. The van der Waals surface area contributed by atoms with E-state index in [-0.39, 0.29) is 5.91 Å². The van der Waals surface area contributed by atoms with Gasteiger partial charge in [-0.1, -0.05) is 46.3 Å². The van der Waals surface area contributed by atoms with Gasteiger partial charge in [0.1, 0.15) is 4.83 Å². The molecule has 0 unspecified atom stereocenters. The summed E-state index contributed by atoms with van der Waals surface area (Å²) in [6.07, 6.45) is 0.823. The topological polar surface area (TPSA) is 46.9 Å². The predicted octanol–water partition coefficient (Wildman–Crippen LogP) is 5.13. The average molecular weight is 440 g/mol.